The number of benzene rings is 1. The molecule has 0 spiro atoms. The van der Waals surface area contributed by atoms with E-state index in [4.69, 9.17) is 17.3 Å². The highest BCUT2D eigenvalue weighted by molar-refractivity contribution is 6.31. The lowest BCUT2D eigenvalue weighted by Crippen LogP contribution is -2.05. The van der Waals surface area contributed by atoms with Crippen LogP contribution in [-0.4, -0.2) is 14.3 Å². The van der Waals surface area contributed by atoms with Crippen molar-refractivity contribution in [1.82, 2.24) is 14.3 Å². The highest BCUT2D eigenvalue weighted by Crippen LogP contribution is 2.24. The van der Waals surface area contributed by atoms with E-state index >= 15 is 0 Å². The molecule has 98 valence electrons. The summed E-state index contributed by atoms with van der Waals surface area (Å²) in [7, 11) is 1.91. The van der Waals surface area contributed by atoms with E-state index in [1.54, 1.807) is 0 Å². The molecular formula is C14H15ClN4. The quantitative estimate of drug-likeness (QED) is 0.731. The lowest BCUT2D eigenvalue weighted by molar-refractivity contribution is 0.673. The predicted octanol–water partition coefficient (Wildman–Crippen LogP) is 2.97. The molecule has 0 bridgehead atoms. The van der Waals surface area contributed by atoms with Crippen LogP contribution >= 0.6 is 11.6 Å². The summed E-state index contributed by atoms with van der Waals surface area (Å²) < 4.78 is 3.98. The molecule has 2 aromatic heterocycles. The minimum Gasteiger partial charge on any atom is -0.399 e. The summed E-state index contributed by atoms with van der Waals surface area (Å²) in [6.45, 7) is 2.61. The number of fused-ring (bicyclic) bond motifs is 1. The molecule has 0 saturated carbocycles. The van der Waals surface area contributed by atoms with Gasteiger partial charge in [0, 0.05) is 29.8 Å². The van der Waals surface area contributed by atoms with Crippen molar-refractivity contribution < 1.29 is 0 Å². The average Bonchev–Trinajstić information content (AvgIpc) is 2.86. The smallest absolute Gasteiger partial charge is 0.0865 e. The second-order valence-corrected chi connectivity index (χ2v) is 5.11. The van der Waals surface area contributed by atoms with Crippen molar-refractivity contribution in [3.05, 3.63) is 46.9 Å². The molecule has 2 N–H and O–H groups in total. The monoisotopic (exact) mass is 274 g/mol. The summed E-state index contributed by atoms with van der Waals surface area (Å²) in [5, 5.41) is 6.21. The largest absolute Gasteiger partial charge is 0.399 e. The van der Waals surface area contributed by atoms with E-state index in [0.29, 0.717) is 6.54 Å². The number of rotatable bonds is 2. The fourth-order valence-electron chi connectivity index (χ4n) is 2.37. The number of aryl methyl sites for hydroxylation is 2. The Morgan fingerprint density at radius 3 is 2.79 bits per heavy atom. The Hall–Kier alpha value is -1.94. The maximum Gasteiger partial charge on any atom is 0.0865 e. The van der Waals surface area contributed by atoms with Gasteiger partial charge in [-0.05, 0) is 31.2 Å². The minimum absolute atomic E-state index is 0.698. The Kier molecular flexibility index (Phi) is 2.75. The third-order valence-corrected chi connectivity index (χ3v) is 3.87. The lowest BCUT2D eigenvalue weighted by Gasteiger charge is -2.07. The van der Waals surface area contributed by atoms with Crippen LogP contribution in [0.5, 0.6) is 0 Å². The van der Waals surface area contributed by atoms with Crippen molar-refractivity contribution in [2.75, 3.05) is 5.73 Å². The Morgan fingerprint density at radius 2 is 2.11 bits per heavy atom. The predicted molar refractivity (Wildman–Crippen MR) is 78.4 cm³/mol. The first kappa shape index (κ1) is 12.1. The zero-order chi connectivity index (χ0) is 13.6. The number of hydrogen-bond acceptors (Lipinski definition) is 2. The molecule has 0 atom stereocenters. The van der Waals surface area contributed by atoms with Gasteiger partial charge in [-0.25, -0.2) is 0 Å². The van der Waals surface area contributed by atoms with Crippen molar-refractivity contribution in [2.45, 2.75) is 13.5 Å². The standard InChI is InChI=1S/C14H15ClN4/c1-9-14(15)13(18(2)17-9)8-19-6-5-10-7-11(16)3-4-12(10)19/h3-7H,8,16H2,1-2H3. The molecule has 0 aliphatic rings. The van der Waals surface area contributed by atoms with Crippen LogP contribution in [0.15, 0.2) is 30.5 Å². The number of hydrogen-bond donors (Lipinski definition) is 1. The minimum atomic E-state index is 0.698. The fourth-order valence-corrected chi connectivity index (χ4v) is 2.59. The molecule has 0 fully saturated rings. The second-order valence-electron chi connectivity index (χ2n) is 4.73. The zero-order valence-electron chi connectivity index (χ0n) is 10.9. The van der Waals surface area contributed by atoms with Crippen molar-refractivity contribution in [2.24, 2.45) is 7.05 Å². The third kappa shape index (κ3) is 1.98. The number of halogens is 1. The summed E-state index contributed by atoms with van der Waals surface area (Å²) in [6, 6.07) is 7.97. The molecule has 4 nitrogen and oxygen atoms in total. The van der Waals surface area contributed by atoms with Gasteiger partial charge in [0.1, 0.15) is 0 Å². The molecular weight excluding hydrogens is 260 g/mol. The second kappa shape index (κ2) is 4.31. The number of aromatic nitrogens is 3. The lowest BCUT2D eigenvalue weighted by atomic mass is 10.2. The molecule has 5 heteroatoms. The average molecular weight is 275 g/mol. The van der Waals surface area contributed by atoms with Crippen LogP contribution < -0.4 is 5.73 Å². The summed E-state index contributed by atoms with van der Waals surface area (Å²) in [6.07, 6.45) is 2.04. The number of nitrogens with two attached hydrogens (primary N) is 1. The maximum atomic E-state index is 6.29. The summed E-state index contributed by atoms with van der Waals surface area (Å²) in [5.41, 5.74) is 9.58. The van der Waals surface area contributed by atoms with E-state index in [1.165, 1.54) is 0 Å². The van der Waals surface area contributed by atoms with Crippen molar-refractivity contribution in [1.29, 1.82) is 0 Å². The van der Waals surface area contributed by atoms with E-state index in [2.05, 4.69) is 15.7 Å². The Balaban J connectivity index is 2.06. The van der Waals surface area contributed by atoms with E-state index in [-0.39, 0.29) is 0 Å². The molecule has 0 aliphatic heterocycles. The van der Waals surface area contributed by atoms with Crippen LogP contribution in [-0.2, 0) is 13.6 Å². The van der Waals surface area contributed by atoms with Crippen LogP contribution in [0.3, 0.4) is 0 Å². The molecule has 0 saturated heterocycles. The van der Waals surface area contributed by atoms with E-state index < -0.39 is 0 Å². The molecule has 0 unspecified atom stereocenters. The summed E-state index contributed by atoms with van der Waals surface area (Å²) in [5.74, 6) is 0. The first-order chi connectivity index (χ1) is 9.06. The Labute approximate surface area is 116 Å². The van der Waals surface area contributed by atoms with Crippen LogP contribution in [0.1, 0.15) is 11.4 Å². The van der Waals surface area contributed by atoms with Crippen LogP contribution in [0, 0.1) is 6.92 Å². The maximum absolute atomic E-state index is 6.29. The van der Waals surface area contributed by atoms with Gasteiger partial charge in [0.05, 0.1) is 23.0 Å². The SMILES string of the molecule is Cc1nn(C)c(Cn2ccc3cc(N)ccc32)c1Cl. The van der Waals surface area contributed by atoms with Gasteiger partial charge in [0.25, 0.3) is 0 Å². The first-order valence-corrected chi connectivity index (χ1v) is 6.46. The van der Waals surface area contributed by atoms with Gasteiger partial charge >= 0.3 is 0 Å². The van der Waals surface area contributed by atoms with Gasteiger partial charge in [-0.15, -0.1) is 0 Å². The normalized spacial score (nSPS) is 11.3. The van der Waals surface area contributed by atoms with Crippen molar-refractivity contribution >= 4 is 28.2 Å². The van der Waals surface area contributed by atoms with Crippen LogP contribution in [0.25, 0.3) is 10.9 Å². The highest BCUT2D eigenvalue weighted by atomic mass is 35.5. The van der Waals surface area contributed by atoms with Crippen molar-refractivity contribution in [3.63, 3.8) is 0 Å². The van der Waals surface area contributed by atoms with Crippen molar-refractivity contribution in [3.8, 4) is 0 Å². The number of anilines is 1. The Morgan fingerprint density at radius 1 is 1.32 bits per heavy atom. The molecule has 3 aromatic rings. The highest BCUT2D eigenvalue weighted by Gasteiger charge is 2.12. The van der Waals surface area contributed by atoms with Gasteiger partial charge in [-0.3, -0.25) is 4.68 Å². The van der Waals surface area contributed by atoms with Gasteiger partial charge in [-0.1, -0.05) is 11.6 Å². The molecule has 0 amide bonds. The molecule has 2 heterocycles. The first-order valence-electron chi connectivity index (χ1n) is 6.08. The summed E-state index contributed by atoms with van der Waals surface area (Å²) >= 11 is 6.29. The topological polar surface area (TPSA) is 48.8 Å². The van der Waals surface area contributed by atoms with Gasteiger partial charge in [0.15, 0.2) is 0 Å². The molecule has 1 aromatic carbocycles. The van der Waals surface area contributed by atoms with E-state index in [0.717, 1.165) is 33.0 Å². The van der Waals surface area contributed by atoms with Crippen LogP contribution in [0.2, 0.25) is 5.02 Å². The number of nitrogens with zero attached hydrogens (tertiary/aromatic N) is 3. The number of nitrogen functional groups attached to an aromatic ring is 1. The van der Waals surface area contributed by atoms with Crippen LogP contribution in [0.4, 0.5) is 5.69 Å². The molecule has 3 rings (SSSR count). The van der Waals surface area contributed by atoms with Gasteiger partial charge in [-0.2, -0.15) is 5.10 Å². The van der Waals surface area contributed by atoms with Gasteiger partial charge < -0.3 is 10.3 Å². The van der Waals surface area contributed by atoms with Gasteiger partial charge in [0.2, 0.25) is 0 Å². The zero-order valence-corrected chi connectivity index (χ0v) is 11.6. The fraction of sp³-hybridized carbons (Fsp3) is 0.214. The Bertz CT molecular complexity index is 754. The molecule has 0 aliphatic carbocycles. The summed E-state index contributed by atoms with van der Waals surface area (Å²) in [4.78, 5) is 0. The van der Waals surface area contributed by atoms with E-state index in [1.807, 2.05) is 43.0 Å². The van der Waals surface area contributed by atoms with E-state index in [9.17, 15) is 0 Å². The molecule has 0 radical (unpaired) electrons. The third-order valence-electron chi connectivity index (χ3n) is 3.38. The molecule has 19 heavy (non-hydrogen) atoms.